The average Bonchev–Trinajstić information content (AvgIpc) is 3.08. The van der Waals surface area contributed by atoms with E-state index in [4.69, 9.17) is 0 Å². The fourth-order valence-electron chi connectivity index (χ4n) is 2.26. The number of aryl methyl sites for hydroxylation is 1. The first-order chi connectivity index (χ1) is 12.7. The van der Waals surface area contributed by atoms with Crippen molar-refractivity contribution in [3.8, 4) is 0 Å². The number of carbonyl (C=O) groups is 1. The lowest BCUT2D eigenvalue weighted by Gasteiger charge is -2.03. The highest BCUT2D eigenvalue weighted by atomic mass is 32.2. The van der Waals surface area contributed by atoms with Gasteiger partial charge in [0.25, 0.3) is 0 Å². The molecule has 3 rings (SSSR count). The van der Waals surface area contributed by atoms with Gasteiger partial charge in [0.05, 0.1) is 5.75 Å². The number of rotatable bonds is 8. The molecule has 0 saturated heterocycles. The first-order valence-electron chi connectivity index (χ1n) is 8.12. The Kier molecular flexibility index (Phi) is 7.11. The van der Waals surface area contributed by atoms with E-state index in [-0.39, 0.29) is 5.91 Å². The monoisotopic (exact) mass is 401 g/mol. The van der Waals surface area contributed by atoms with Crippen LogP contribution < -0.4 is 5.32 Å². The highest BCUT2D eigenvalue weighted by molar-refractivity contribution is 8.00. The third-order valence-electron chi connectivity index (χ3n) is 3.44. The van der Waals surface area contributed by atoms with Crippen LogP contribution in [0.5, 0.6) is 0 Å². The molecule has 1 aromatic heterocycles. The fourth-order valence-corrected chi connectivity index (χ4v) is 4.76. The van der Waals surface area contributed by atoms with Gasteiger partial charge in [-0.05, 0) is 18.1 Å². The van der Waals surface area contributed by atoms with Crippen molar-refractivity contribution in [3.63, 3.8) is 0 Å². The maximum absolute atomic E-state index is 12.1. The van der Waals surface area contributed by atoms with E-state index in [0.29, 0.717) is 10.9 Å². The molecule has 0 saturated carbocycles. The summed E-state index contributed by atoms with van der Waals surface area (Å²) < 4.78 is 0.858. The molecule has 1 heterocycles. The van der Waals surface area contributed by atoms with Gasteiger partial charge in [-0.25, -0.2) is 0 Å². The minimum absolute atomic E-state index is 0.0431. The largest absolute Gasteiger partial charge is 0.300 e. The Bertz CT molecular complexity index is 852. The molecule has 0 unspecified atom stereocenters. The van der Waals surface area contributed by atoms with Crippen molar-refractivity contribution in [1.82, 2.24) is 10.2 Å². The van der Waals surface area contributed by atoms with Crippen LogP contribution in [0.15, 0.2) is 58.9 Å². The minimum atomic E-state index is -0.0431. The number of anilines is 1. The minimum Gasteiger partial charge on any atom is -0.300 e. The highest BCUT2D eigenvalue weighted by Crippen LogP contribution is 2.28. The van der Waals surface area contributed by atoms with E-state index in [1.165, 1.54) is 28.0 Å². The summed E-state index contributed by atoms with van der Waals surface area (Å²) in [4.78, 5) is 12.1. The van der Waals surface area contributed by atoms with Gasteiger partial charge < -0.3 is 0 Å². The van der Waals surface area contributed by atoms with E-state index >= 15 is 0 Å². The van der Waals surface area contributed by atoms with E-state index in [0.717, 1.165) is 15.8 Å². The van der Waals surface area contributed by atoms with E-state index in [2.05, 4.69) is 52.8 Å². The molecule has 2 aromatic carbocycles. The zero-order valence-electron chi connectivity index (χ0n) is 14.3. The molecule has 134 valence electrons. The van der Waals surface area contributed by atoms with Gasteiger partial charge in [0.1, 0.15) is 0 Å². The molecule has 0 spiro atoms. The topological polar surface area (TPSA) is 54.9 Å². The van der Waals surface area contributed by atoms with Gasteiger partial charge in [-0.1, -0.05) is 83.3 Å². The molecular weight excluding hydrogens is 382 g/mol. The van der Waals surface area contributed by atoms with Crippen molar-refractivity contribution in [2.24, 2.45) is 0 Å². The van der Waals surface area contributed by atoms with Crippen molar-refractivity contribution >= 4 is 45.9 Å². The summed E-state index contributed by atoms with van der Waals surface area (Å²) in [5.74, 6) is 2.03. The van der Waals surface area contributed by atoms with Gasteiger partial charge >= 0.3 is 0 Å². The summed E-state index contributed by atoms with van der Waals surface area (Å²) in [5, 5.41) is 11.6. The number of hydrogen-bond donors (Lipinski definition) is 1. The van der Waals surface area contributed by atoms with Crippen molar-refractivity contribution in [3.05, 3.63) is 71.3 Å². The number of carbonyl (C=O) groups excluding carboxylic acids is 1. The molecule has 0 radical (unpaired) electrons. The number of amides is 1. The molecule has 7 heteroatoms. The second-order valence-electron chi connectivity index (χ2n) is 5.68. The van der Waals surface area contributed by atoms with Crippen LogP contribution in [0.25, 0.3) is 0 Å². The van der Waals surface area contributed by atoms with Gasteiger partial charge in [-0.15, -0.1) is 22.0 Å². The summed E-state index contributed by atoms with van der Waals surface area (Å²) in [6.07, 6.45) is 0. The van der Waals surface area contributed by atoms with E-state index in [1.54, 1.807) is 23.5 Å². The van der Waals surface area contributed by atoms with Gasteiger partial charge in [0, 0.05) is 11.5 Å². The predicted molar refractivity (Wildman–Crippen MR) is 112 cm³/mol. The Morgan fingerprint density at radius 1 is 1.04 bits per heavy atom. The number of nitrogens with zero attached hydrogens (tertiary/aromatic N) is 2. The zero-order valence-corrected chi connectivity index (χ0v) is 16.8. The molecule has 26 heavy (non-hydrogen) atoms. The zero-order chi connectivity index (χ0) is 18.2. The second kappa shape index (κ2) is 9.75. The van der Waals surface area contributed by atoms with Crippen LogP contribution in [0.2, 0.25) is 0 Å². The fraction of sp³-hybridized carbons (Fsp3) is 0.211. The Morgan fingerprint density at radius 2 is 1.85 bits per heavy atom. The van der Waals surface area contributed by atoms with E-state index in [1.807, 2.05) is 24.3 Å². The van der Waals surface area contributed by atoms with Crippen LogP contribution in [0, 0.1) is 6.92 Å². The van der Waals surface area contributed by atoms with Crippen molar-refractivity contribution in [2.45, 2.75) is 22.8 Å². The summed E-state index contributed by atoms with van der Waals surface area (Å²) in [6, 6.07) is 18.6. The van der Waals surface area contributed by atoms with Crippen LogP contribution in [-0.2, 0) is 16.3 Å². The SMILES string of the molecule is Cc1cccc(CSCC(=O)Nc2nnc(SCc3ccccc3)s2)c1. The third kappa shape index (κ3) is 6.16. The lowest BCUT2D eigenvalue weighted by atomic mass is 10.2. The first-order valence-corrected chi connectivity index (χ1v) is 11.1. The quantitative estimate of drug-likeness (QED) is 0.425. The van der Waals surface area contributed by atoms with Crippen LogP contribution in [-0.4, -0.2) is 21.9 Å². The summed E-state index contributed by atoms with van der Waals surface area (Å²) >= 11 is 4.63. The standard InChI is InChI=1S/C19H19N3OS3/c1-14-6-5-9-16(10-14)11-24-13-17(23)20-18-21-22-19(26-18)25-12-15-7-3-2-4-8-15/h2-10H,11-13H2,1H3,(H,20,21,23). The Morgan fingerprint density at radius 3 is 2.65 bits per heavy atom. The molecule has 4 nitrogen and oxygen atoms in total. The summed E-state index contributed by atoms with van der Waals surface area (Å²) in [5.41, 5.74) is 3.71. The molecule has 0 aliphatic carbocycles. The Balaban J connectivity index is 1.41. The average molecular weight is 402 g/mol. The Labute approximate surface area is 165 Å². The maximum atomic E-state index is 12.1. The molecule has 1 N–H and O–H groups in total. The van der Waals surface area contributed by atoms with Crippen LogP contribution in [0.3, 0.4) is 0 Å². The Hall–Kier alpha value is -1.83. The molecular formula is C19H19N3OS3. The van der Waals surface area contributed by atoms with Crippen LogP contribution in [0.1, 0.15) is 16.7 Å². The molecule has 3 aromatic rings. The van der Waals surface area contributed by atoms with Gasteiger partial charge in [0.2, 0.25) is 11.0 Å². The molecule has 0 atom stereocenters. The van der Waals surface area contributed by atoms with E-state index < -0.39 is 0 Å². The van der Waals surface area contributed by atoms with Gasteiger partial charge in [0.15, 0.2) is 4.34 Å². The third-order valence-corrected chi connectivity index (χ3v) is 6.49. The molecule has 1 amide bonds. The summed E-state index contributed by atoms with van der Waals surface area (Å²) in [7, 11) is 0. The second-order valence-corrected chi connectivity index (χ2v) is 8.86. The van der Waals surface area contributed by atoms with Crippen molar-refractivity contribution in [2.75, 3.05) is 11.1 Å². The van der Waals surface area contributed by atoms with Gasteiger partial charge in [-0.2, -0.15) is 0 Å². The maximum Gasteiger partial charge on any atom is 0.236 e. The van der Waals surface area contributed by atoms with Crippen LogP contribution in [0.4, 0.5) is 5.13 Å². The number of benzene rings is 2. The van der Waals surface area contributed by atoms with Crippen LogP contribution >= 0.6 is 34.9 Å². The summed E-state index contributed by atoms with van der Waals surface area (Å²) in [6.45, 7) is 2.07. The smallest absolute Gasteiger partial charge is 0.236 e. The molecule has 0 bridgehead atoms. The predicted octanol–water partition coefficient (Wildman–Crippen LogP) is 5.01. The van der Waals surface area contributed by atoms with Gasteiger partial charge in [-0.3, -0.25) is 10.1 Å². The molecule has 0 fully saturated rings. The molecule has 0 aliphatic heterocycles. The lowest BCUT2D eigenvalue weighted by Crippen LogP contribution is -2.14. The van der Waals surface area contributed by atoms with E-state index in [9.17, 15) is 4.79 Å². The van der Waals surface area contributed by atoms with Crippen molar-refractivity contribution in [1.29, 1.82) is 0 Å². The van der Waals surface area contributed by atoms with Crippen molar-refractivity contribution < 1.29 is 4.79 Å². The lowest BCUT2D eigenvalue weighted by molar-refractivity contribution is -0.113. The normalized spacial score (nSPS) is 10.7. The number of thioether (sulfide) groups is 2. The molecule has 0 aliphatic rings. The first kappa shape index (κ1) is 18.9. The number of aromatic nitrogens is 2. The highest BCUT2D eigenvalue weighted by Gasteiger charge is 2.09. The number of nitrogens with one attached hydrogen (secondary N) is 1. The number of hydrogen-bond acceptors (Lipinski definition) is 6.